The van der Waals surface area contributed by atoms with E-state index in [0.29, 0.717) is 33.5 Å². The van der Waals surface area contributed by atoms with E-state index in [1.165, 1.54) is 25.6 Å². The minimum Gasteiger partial charge on any atom is -0.447 e. The molecule has 3 heterocycles. The van der Waals surface area contributed by atoms with Gasteiger partial charge < -0.3 is 4.74 Å². The molecule has 0 spiro atoms. The number of fused-ring (bicyclic) bond motifs is 4. The molecular weight excluding hydrogens is 438 g/mol. The molecule has 2 aromatic heterocycles. The second-order valence-electron chi connectivity index (χ2n) is 7.55. The molecule has 33 heavy (non-hydrogen) atoms. The van der Waals surface area contributed by atoms with Crippen LogP contribution in [0.5, 0.6) is 5.88 Å². The van der Waals surface area contributed by atoms with E-state index in [2.05, 4.69) is 15.2 Å². The molecule has 0 radical (unpaired) electrons. The normalized spacial score (nSPS) is 14.9. The van der Waals surface area contributed by atoms with Crippen LogP contribution in [0.4, 0.5) is 5.69 Å². The van der Waals surface area contributed by atoms with Gasteiger partial charge in [-0.25, -0.2) is 0 Å². The second kappa shape index (κ2) is 8.32. The molecule has 166 valence electrons. The molecule has 0 fully saturated rings. The quantitative estimate of drug-likeness (QED) is 0.410. The monoisotopic (exact) mass is 459 g/mol. The predicted octanol–water partition coefficient (Wildman–Crippen LogP) is 4.71. The van der Waals surface area contributed by atoms with E-state index in [1.807, 2.05) is 55.5 Å². The van der Waals surface area contributed by atoms with Crippen molar-refractivity contribution in [3.8, 4) is 17.1 Å². The van der Waals surface area contributed by atoms with Gasteiger partial charge in [-0.1, -0.05) is 55.1 Å². The van der Waals surface area contributed by atoms with Gasteiger partial charge in [0, 0.05) is 36.6 Å². The lowest BCUT2D eigenvalue weighted by Crippen LogP contribution is -2.36. The molecule has 0 saturated carbocycles. The van der Waals surface area contributed by atoms with Crippen molar-refractivity contribution >= 4 is 40.2 Å². The highest BCUT2D eigenvalue weighted by Crippen LogP contribution is 2.44. The van der Waals surface area contributed by atoms with Crippen molar-refractivity contribution in [2.75, 3.05) is 10.7 Å². The molecule has 1 atom stereocenters. The van der Waals surface area contributed by atoms with Crippen LogP contribution in [0.3, 0.4) is 0 Å². The number of carbonyl (C=O) groups is 2. The number of hydrogen-bond donors (Lipinski definition) is 0. The van der Waals surface area contributed by atoms with Crippen LogP contribution in [0.15, 0.2) is 59.9 Å². The lowest BCUT2D eigenvalue weighted by Gasteiger charge is -2.29. The average Bonchev–Trinajstić information content (AvgIpc) is 3.12. The fourth-order valence-corrected chi connectivity index (χ4v) is 4.61. The van der Waals surface area contributed by atoms with E-state index in [-0.39, 0.29) is 11.8 Å². The number of rotatable bonds is 3. The maximum atomic E-state index is 13.0. The summed E-state index contributed by atoms with van der Waals surface area (Å²) in [5.41, 5.74) is 3.24. The standard InChI is InChI=1S/C24H21N5O3S/c1-4-33-24-25-22-21(26-27-24)17-10-6-8-12-20(17)29(15(3)31)23(32-22)18-13-28(14(2)30)19-11-7-5-9-16(18)19/h5-13,23H,4H2,1-3H3/t23-/m0/s1. The summed E-state index contributed by atoms with van der Waals surface area (Å²) in [6, 6.07) is 15.0. The molecule has 0 unspecified atom stereocenters. The maximum Gasteiger partial charge on any atom is 0.247 e. The Kier molecular flexibility index (Phi) is 5.33. The van der Waals surface area contributed by atoms with Gasteiger partial charge in [-0.15, -0.1) is 10.2 Å². The number of hydrogen-bond acceptors (Lipinski definition) is 7. The van der Waals surface area contributed by atoms with E-state index >= 15 is 0 Å². The smallest absolute Gasteiger partial charge is 0.247 e. The Morgan fingerprint density at radius 3 is 2.55 bits per heavy atom. The number of carbonyl (C=O) groups excluding carboxylic acids is 2. The Bertz CT molecular complexity index is 1400. The predicted molar refractivity (Wildman–Crippen MR) is 126 cm³/mol. The molecule has 1 aliphatic rings. The molecule has 0 saturated heterocycles. The summed E-state index contributed by atoms with van der Waals surface area (Å²) >= 11 is 1.46. The third kappa shape index (κ3) is 3.54. The Labute approximate surface area is 194 Å². The Balaban J connectivity index is 1.79. The summed E-state index contributed by atoms with van der Waals surface area (Å²) in [5.74, 6) is 0.733. The fourth-order valence-electron chi connectivity index (χ4n) is 4.11. The van der Waals surface area contributed by atoms with Crippen LogP contribution in [0.25, 0.3) is 22.2 Å². The lowest BCUT2D eigenvalue weighted by molar-refractivity contribution is -0.118. The molecule has 4 aromatic rings. The van der Waals surface area contributed by atoms with Crippen LogP contribution in [0.2, 0.25) is 0 Å². The molecular formula is C24H21N5O3S. The van der Waals surface area contributed by atoms with Gasteiger partial charge in [0.05, 0.1) is 11.2 Å². The van der Waals surface area contributed by atoms with E-state index in [0.717, 1.165) is 16.7 Å². The van der Waals surface area contributed by atoms with Crippen LogP contribution < -0.4 is 9.64 Å². The highest BCUT2D eigenvalue weighted by molar-refractivity contribution is 7.99. The number of aromatic nitrogens is 4. The molecule has 1 aliphatic heterocycles. The first-order valence-corrected chi connectivity index (χ1v) is 11.5. The summed E-state index contributed by atoms with van der Waals surface area (Å²) in [7, 11) is 0. The lowest BCUT2D eigenvalue weighted by atomic mass is 10.1. The molecule has 0 bridgehead atoms. The first kappa shape index (κ1) is 21.1. The molecule has 8 nitrogen and oxygen atoms in total. The largest absolute Gasteiger partial charge is 0.447 e. The van der Waals surface area contributed by atoms with Gasteiger partial charge in [-0.2, -0.15) is 4.98 Å². The summed E-state index contributed by atoms with van der Waals surface area (Å²) in [5, 5.41) is 9.95. The van der Waals surface area contributed by atoms with Crippen LogP contribution in [0, 0.1) is 0 Å². The Morgan fingerprint density at radius 1 is 1.03 bits per heavy atom. The second-order valence-corrected chi connectivity index (χ2v) is 8.78. The van der Waals surface area contributed by atoms with Crippen LogP contribution >= 0.6 is 11.8 Å². The Hall–Kier alpha value is -3.72. The molecule has 2 aromatic carbocycles. The summed E-state index contributed by atoms with van der Waals surface area (Å²) in [4.78, 5) is 31.6. The summed E-state index contributed by atoms with van der Waals surface area (Å²) in [6.07, 6.45) is 0.879. The van der Waals surface area contributed by atoms with Gasteiger partial charge in [-0.3, -0.25) is 19.1 Å². The molecule has 5 rings (SSSR count). The van der Waals surface area contributed by atoms with Crippen molar-refractivity contribution in [3.63, 3.8) is 0 Å². The topological polar surface area (TPSA) is 90.2 Å². The summed E-state index contributed by atoms with van der Waals surface area (Å²) < 4.78 is 8.01. The van der Waals surface area contributed by atoms with Gasteiger partial charge >= 0.3 is 0 Å². The minimum absolute atomic E-state index is 0.133. The molecule has 9 heteroatoms. The highest BCUT2D eigenvalue weighted by Gasteiger charge is 2.36. The van der Waals surface area contributed by atoms with Gasteiger partial charge in [0.1, 0.15) is 0 Å². The van der Waals surface area contributed by atoms with Gasteiger partial charge in [0.25, 0.3) is 0 Å². The number of amides is 1. The zero-order chi connectivity index (χ0) is 23.1. The van der Waals surface area contributed by atoms with E-state index in [9.17, 15) is 9.59 Å². The van der Waals surface area contributed by atoms with Crippen molar-refractivity contribution < 1.29 is 14.3 Å². The first-order valence-electron chi connectivity index (χ1n) is 10.5. The van der Waals surface area contributed by atoms with Crippen LogP contribution in [-0.4, -0.2) is 37.3 Å². The fraction of sp³-hybridized carbons (Fsp3) is 0.208. The maximum absolute atomic E-state index is 13.0. The number of thioether (sulfide) groups is 1. The number of ether oxygens (including phenoxy) is 1. The Morgan fingerprint density at radius 2 is 1.79 bits per heavy atom. The van der Waals surface area contributed by atoms with Crippen molar-refractivity contribution in [2.45, 2.75) is 32.2 Å². The number of benzene rings is 2. The molecule has 0 N–H and O–H groups in total. The van der Waals surface area contributed by atoms with E-state index in [4.69, 9.17) is 4.74 Å². The van der Waals surface area contributed by atoms with Gasteiger partial charge in [0.2, 0.25) is 29.1 Å². The van der Waals surface area contributed by atoms with E-state index in [1.54, 1.807) is 15.7 Å². The van der Waals surface area contributed by atoms with Gasteiger partial charge in [0.15, 0.2) is 5.69 Å². The minimum atomic E-state index is -0.855. The van der Waals surface area contributed by atoms with Gasteiger partial charge in [-0.05, 0) is 17.9 Å². The molecule has 0 aliphatic carbocycles. The third-order valence-corrected chi connectivity index (χ3v) is 6.19. The SMILES string of the molecule is CCSc1nnc2c(n1)O[C@@H](c1cn(C(C)=O)c3ccccc13)N(C(C)=O)c1ccccc1-2. The average molecular weight is 460 g/mol. The van der Waals surface area contributed by atoms with Crippen molar-refractivity contribution in [1.29, 1.82) is 0 Å². The summed E-state index contributed by atoms with van der Waals surface area (Å²) in [6.45, 7) is 5.00. The zero-order valence-electron chi connectivity index (χ0n) is 18.3. The zero-order valence-corrected chi connectivity index (χ0v) is 19.2. The number of para-hydroxylation sites is 2. The van der Waals surface area contributed by atoms with Crippen molar-refractivity contribution in [2.24, 2.45) is 0 Å². The molecule has 1 amide bonds. The van der Waals surface area contributed by atoms with Crippen LogP contribution in [0.1, 0.15) is 37.4 Å². The highest BCUT2D eigenvalue weighted by atomic mass is 32.2. The van der Waals surface area contributed by atoms with Crippen molar-refractivity contribution in [1.82, 2.24) is 19.7 Å². The first-order chi connectivity index (χ1) is 16.0. The van der Waals surface area contributed by atoms with Crippen molar-refractivity contribution in [3.05, 3.63) is 60.3 Å². The van der Waals surface area contributed by atoms with Crippen LogP contribution in [-0.2, 0) is 4.79 Å². The van der Waals surface area contributed by atoms with E-state index < -0.39 is 6.23 Å². The third-order valence-electron chi connectivity index (χ3n) is 5.47. The number of nitrogens with zero attached hydrogens (tertiary/aromatic N) is 5. The number of anilines is 1.